The number of nitrogens with one attached hydrogen (secondary N) is 1. The topological polar surface area (TPSA) is 70.3 Å². The Hall–Kier alpha value is -2.85. The SMILES string of the molecule is Cc1c(C#N)c(NC(=O)CN2CCCc3cccc(F)c32)n(C[C@@H]2CCCO2)c1C. The minimum atomic E-state index is -0.300. The molecule has 1 aromatic carbocycles. The molecule has 0 radical (unpaired) electrons. The zero-order valence-corrected chi connectivity index (χ0v) is 17.5. The van der Waals surface area contributed by atoms with Crippen molar-refractivity contribution in [3.63, 3.8) is 0 Å². The normalized spacial score (nSPS) is 18.2. The number of aryl methyl sites for hydroxylation is 1. The summed E-state index contributed by atoms with van der Waals surface area (Å²) in [6.07, 6.45) is 3.76. The van der Waals surface area contributed by atoms with E-state index in [0.717, 1.165) is 49.1 Å². The van der Waals surface area contributed by atoms with Gasteiger partial charge in [0.25, 0.3) is 0 Å². The van der Waals surface area contributed by atoms with Crippen LogP contribution in [0.15, 0.2) is 18.2 Å². The Bertz CT molecular complexity index is 1000. The first kappa shape index (κ1) is 20.4. The number of fused-ring (bicyclic) bond motifs is 1. The van der Waals surface area contributed by atoms with Gasteiger partial charge in [0.05, 0.1) is 30.4 Å². The number of carbonyl (C=O) groups is 1. The molecule has 1 atom stereocenters. The summed E-state index contributed by atoms with van der Waals surface area (Å²) in [4.78, 5) is 14.7. The summed E-state index contributed by atoms with van der Waals surface area (Å²) < 4.78 is 22.2. The number of hydrogen-bond acceptors (Lipinski definition) is 4. The van der Waals surface area contributed by atoms with Gasteiger partial charge in [0.2, 0.25) is 5.91 Å². The first-order chi connectivity index (χ1) is 14.5. The van der Waals surface area contributed by atoms with Gasteiger partial charge in [-0.2, -0.15) is 5.26 Å². The molecule has 6 nitrogen and oxygen atoms in total. The van der Waals surface area contributed by atoms with E-state index in [-0.39, 0.29) is 24.4 Å². The predicted molar refractivity (Wildman–Crippen MR) is 113 cm³/mol. The van der Waals surface area contributed by atoms with Gasteiger partial charge in [0, 0.05) is 18.8 Å². The van der Waals surface area contributed by atoms with Crippen molar-refractivity contribution in [2.24, 2.45) is 0 Å². The predicted octanol–water partition coefficient (Wildman–Crippen LogP) is 3.69. The molecule has 1 amide bonds. The summed E-state index contributed by atoms with van der Waals surface area (Å²) in [6.45, 7) is 5.87. The van der Waals surface area contributed by atoms with Gasteiger partial charge in [-0.05, 0) is 56.7 Å². The van der Waals surface area contributed by atoms with Crippen molar-refractivity contribution in [3.05, 3.63) is 46.4 Å². The lowest BCUT2D eigenvalue weighted by atomic mass is 10.0. The maximum atomic E-state index is 14.4. The van der Waals surface area contributed by atoms with Crippen LogP contribution >= 0.6 is 0 Å². The zero-order chi connectivity index (χ0) is 21.3. The number of amides is 1. The fourth-order valence-corrected chi connectivity index (χ4v) is 4.54. The molecule has 4 rings (SSSR count). The summed E-state index contributed by atoms with van der Waals surface area (Å²) in [5.74, 6) is -0.0429. The van der Waals surface area contributed by atoms with E-state index in [1.165, 1.54) is 6.07 Å². The molecule has 0 saturated carbocycles. The first-order valence-corrected chi connectivity index (χ1v) is 10.5. The van der Waals surface area contributed by atoms with Gasteiger partial charge in [-0.25, -0.2) is 4.39 Å². The van der Waals surface area contributed by atoms with Crippen LogP contribution in [0, 0.1) is 31.0 Å². The minimum absolute atomic E-state index is 0.0437. The number of benzene rings is 1. The van der Waals surface area contributed by atoms with Crippen LogP contribution in [-0.2, 0) is 22.5 Å². The van der Waals surface area contributed by atoms with Crippen LogP contribution in [0.25, 0.3) is 0 Å². The van der Waals surface area contributed by atoms with E-state index in [9.17, 15) is 14.4 Å². The van der Waals surface area contributed by atoms with Crippen molar-refractivity contribution in [2.75, 3.05) is 29.9 Å². The van der Waals surface area contributed by atoms with Crippen molar-refractivity contribution >= 4 is 17.4 Å². The van der Waals surface area contributed by atoms with Gasteiger partial charge in [-0.3, -0.25) is 4.79 Å². The summed E-state index contributed by atoms with van der Waals surface area (Å²) in [6, 6.07) is 7.29. The third-order valence-electron chi connectivity index (χ3n) is 6.20. The molecular formula is C23H27FN4O2. The molecule has 1 N–H and O–H groups in total. The Morgan fingerprint density at radius 2 is 2.20 bits per heavy atom. The average molecular weight is 410 g/mol. The number of hydrogen-bond donors (Lipinski definition) is 1. The fraction of sp³-hybridized carbons (Fsp3) is 0.478. The van der Waals surface area contributed by atoms with Gasteiger partial charge in [0.1, 0.15) is 17.7 Å². The molecule has 158 valence electrons. The molecule has 2 aromatic rings. The number of para-hydroxylation sites is 1. The van der Waals surface area contributed by atoms with E-state index >= 15 is 0 Å². The highest BCUT2D eigenvalue weighted by molar-refractivity contribution is 5.95. The van der Waals surface area contributed by atoms with Crippen molar-refractivity contribution in [1.29, 1.82) is 5.26 Å². The van der Waals surface area contributed by atoms with Gasteiger partial charge in [0.15, 0.2) is 0 Å². The zero-order valence-electron chi connectivity index (χ0n) is 17.5. The van der Waals surface area contributed by atoms with E-state index in [4.69, 9.17) is 4.74 Å². The standard InChI is InChI=1S/C23H27FN4O2/c1-15-16(2)28(13-18-8-5-11-30-18)23(19(15)12-25)26-21(29)14-27-10-4-7-17-6-3-9-20(24)22(17)27/h3,6,9,18H,4-5,7-8,10-11,13-14H2,1-2H3,(H,26,29)/t18-/m0/s1. The van der Waals surface area contributed by atoms with Gasteiger partial charge in [-0.1, -0.05) is 12.1 Å². The van der Waals surface area contributed by atoms with Crippen LogP contribution < -0.4 is 10.2 Å². The number of carbonyl (C=O) groups excluding carboxylic acids is 1. The summed E-state index contributed by atoms with van der Waals surface area (Å²) >= 11 is 0. The van der Waals surface area contributed by atoms with E-state index in [1.54, 1.807) is 11.0 Å². The van der Waals surface area contributed by atoms with Crippen molar-refractivity contribution in [1.82, 2.24) is 4.57 Å². The Labute approximate surface area is 176 Å². The van der Waals surface area contributed by atoms with Crippen LogP contribution in [0.5, 0.6) is 0 Å². The number of anilines is 2. The Balaban J connectivity index is 1.57. The molecule has 2 aliphatic rings. The van der Waals surface area contributed by atoms with Crippen LogP contribution in [-0.4, -0.2) is 36.3 Å². The monoisotopic (exact) mass is 410 g/mol. The van der Waals surface area contributed by atoms with E-state index in [2.05, 4.69) is 11.4 Å². The second-order valence-electron chi connectivity index (χ2n) is 8.11. The fourth-order valence-electron chi connectivity index (χ4n) is 4.54. The molecule has 0 bridgehead atoms. The van der Waals surface area contributed by atoms with Gasteiger partial charge < -0.3 is 19.5 Å². The van der Waals surface area contributed by atoms with Crippen molar-refractivity contribution in [2.45, 2.75) is 52.2 Å². The second-order valence-corrected chi connectivity index (χ2v) is 8.11. The molecular weight excluding hydrogens is 383 g/mol. The average Bonchev–Trinajstić information content (AvgIpc) is 3.31. The number of nitrogens with zero attached hydrogens (tertiary/aromatic N) is 3. The van der Waals surface area contributed by atoms with E-state index < -0.39 is 0 Å². The minimum Gasteiger partial charge on any atom is -0.376 e. The number of ether oxygens (including phenoxy) is 1. The summed E-state index contributed by atoms with van der Waals surface area (Å²) in [5.41, 5.74) is 3.73. The second kappa shape index (κ2) is 8.49. The molecule has 3 heterocycles. The van der Waals surface area contributed by atoms with E-state index in [1.807, 2.05) is 24.5 Å². The maximum absolute atomic E-state index is 14.4. The molecule has 0 aliphatic carbocycles. The Morgan fingerprint density at radius 3 is 2.93 bits per heavy atom. The Kier molecular flexibility index (Phi) is 5.78. The highest BCUT2D eigenvalue weighted by Gasteiger charge is 2.26. The summed E-state index contributed by atoms with van der Waals surface area (Å²) in [5, 5.41) is 12.6. The highest BCUT2D eigenvalue weighted by atomic mass is 19.1. The van der Waals surface area contributed by atoms with Crippen molar-refractivity contribution in [3.8, 4) is 6.07 Å². The molecule has 30 heavy (non-hydrogen) atoms. The van der Waals surface area contributed by atoms with Crippen LogP contribution in [0.3, 0.4) is 0 Å². The number of aromatic nitrogens is 1. The highest BCUT2D eigenvalue weighted by Crippen LogP contribution is 2.31. The van der Waals surface area contributed by atoms with E-state index in [0.29, 0.717) is 30.2 Å². The first-order valence-electron chi connectivity index (χ1n) is 10.5. The smallest absolute Gasteiger partial charge is 0.245 e. The summed E-state index contributed by atoms with van der Waals surface area (Å²) in [7, 11) is 0. The third-order valence-corrected chi connectivity index (χ3v) is 6.20. The molecule has 1 aromatic heterocycles. The number of halogens is 1. The maximum Gasteiger partial charge on any atom is 0.245 e. The number of nitriles is 1. The third kappa shape index (κ3) is 3.80. The Morgan fingerprint density at radius 1 is 1.37 bits per heavy atom. The van der Waals surface area contributed by atoms with Gasteiger partial charge in [-0.15, -0.1) is 0 Å². The lowest BCUT2D eigenvalue weighted by Crippen LogP contribution is -2.38. The van der Waals surface area contributed by atoms with Crippen molar-refractivity contribution < 1.29 is 13.9 Å². The lowest BCUT2D eigenvalue weighted by molar-refractivity contribution is -0.115. The quantitative estimate of drug-likeness (QED) is 0.816. The molecule has 1 saturated heterocycles. The largest absolute Gasteiger partial charge is 0.376 e. The molecule has 0 unspecified atom stereocenters. The molecule has 7 heteroatoms. The van der Waals surface area contributed by atoms with Crippen LogP contribution in [0.1, 0.15) is 41.6 Å². The van der Waals surface area contributed by atoms with Gasteiger partial charge >= 0.3 is 0 Å². The molecule has 0 spiro atoms. The van der Waals surface area contributed by atoms with Crippen LogP contribution in [0.4, 0.5) is 15.9 Å². The molecule has 2 aliphatic heterocycles. The molecule has 1 fully saturated rings. The van der Waals surface area contributed by atoms with Crippen LogP contribution in [0.2, 0.25) is 0 Å². The number of rotatable bonds is 5. The lowest BCUT2D eigenvalue weighted by Gasteiger charge is -2.31.